The van der Waals surface area contributed by atoms with Gasteiger partial charge in [-0.15, -0.1) is 0 Å². The van der Waals surface area contributed by atoms with E-state index in [1.807, 2.05) is 18.2 Å². The zero-order valence-corrected chi connectivity index (χ0v) is 19.1. The third-order valence-electron chi connectivity index (χ3n) is 5.30. The number of carbonyl (C=O) groups is 1. The van der Waals surface area contributed by atoms with E-state index in [0.29, 0.717) is 36.7 Å². The standard InChI is InChI=1S/C27H36O3/c1-19(2)26(28)30-16-10-11-25(24(7)29-9)17-22(5)21(4)12-13-23(6)27(8)15-14-20(3)18-27/h12-15,17,20H,1,4-7,10-11,16,18H2,2-3,8-9H3/b13-12-,25-17-/t20?,27-/m0/s1. The molecule has 1 aliphatic carbocycles. The molecule has 0 radical (unpaired) electrons. The highest BCUT2D eigenvalue weighted by atomic mass is 16.5. The maximum Gasteiger partial charge on any atom is 0.333 e. The van der Waals surface area contributed by atoms with Gasteiger partial charge >= 0.3 is 5.97 Å². The number of ether oxygens (including phenoxy) is 2. The Balaban J connectivity index is 2.73. The van der Waals surface area contributed by atoms with Crippen LogP contribution in [0.5, 0.6) is 0 Å². The molecular weight excluding hydrogens is 372 g/mol. The molecule has 0 saturated heterocycles. The lowest BCUT2D eigenvalue weighted by Crippen LogP contribution is -2.12. The molecule has 30 heavy (non-hydrogen) atoms. The van der Waals surface area contributed by atoms with E-state index in [9.17, 15) is 4.79 Å². The van der Waals surface area contributed by atoms with Crippen molar-refractivity contribution in [1.82, 2.24) is 0 Å². The van der Waals surface area contributed by atoms with E-state index in [0.717, 1.165) is 28.7 Å². The molecule has 2 atom stereocenters. The van der Waals surface area contributed by atoms with E-state index in [-0.39, 0.29) is 11.4 Å². The number of esters is 1. The van der Waals surface area contributed by atoms with Gasteiger partial charge in [-0.05, 0) is 60.5 Å². The number of allylic oxidation sites excluding steroid dienone is 9. The Morgan fingerprint density at radius 3 is 2.37 bits per heavy atom. The second-order valence-corrected chi connectivity index (χ2v) is 8.18. The zero-order chi connectivity index (χ0) is 22.9. The molecule has 0 aromatic heterocycles. The molecule has 0 aromatic carbocycles. The SMILES string of the molecule is C=C(C)C(=O)OCCC/C(=C/C(=C)C(=C)/C=C\C(=C)[C@@]1(C)C=CC(C)C1)C(=C)OC. The highest BCUT2D eigenvalue weighted by Gasteiger charge is 2.29. The monoisotopic (exact) mass is 408 g/mol. The average Bonchev–Trinajstić information content (AvgIpc) is 3.06. The van der Waals surface area contributed by atoms with Gasteiger partial charge in [0.1, 0.15) is 5.76 Å². The van der Waals surface area contributed by atoms with Crippen molar-refractivity contribution in [2.45, 2.75) is 40.0 Å². The highest BCUT2D eigenvalue weighted by molar-refractivity contribution is 5.86. The smallest absolute Gasteiger partial charge is 0.333 e. The van der Waals surface area contributed by atoms with Gasteiger partial charge in [0.05, 0.1) is 13.7 Å². The minimum absolute atomic E-state index is 0.00983. The summed E-state index contributed by atoms with van der Waals surface area (Å²) in [6.07, 6.45) is 12.7. The largest absolute Gasteiger partial charge is 0.497 e. The van der Waals surface area contributed by atoms with E-state index in [4.69, 9.17) is 9.47 Å². The quantitative estimate of drug-likeness (QED) is 0.0889. The summed E-state index contributed by atoms with van der Waals surface area (Å²) < 4.78 is 10.5. The molecule has 0 heterocycles. The summed E-state index contributed by atoms with van der Waals surface area (Å²) in [4.78, 5) is 11.5. The predicted molar refractivity (Wildman–Crippen MR) is 127 cm³/mol. The number of carbonyl (C=O) groups excluding carboxylic acids is 1. The van der Waals surface area contributed by atoms with Crippen LogP contribution in [-0.2, 0) is 14.3 Å². The Hall–Kier alpha value is -2.81. The van der Waals surface area contributed by atoms with Crippen molar-refractivity contribution < 1.29 is 14.3 Å². The fourth-order valence-electron chi connectivity index (χ4n) is 3.20. The molecule has 3 nitrogen and oxygen atoms in total. The van der Waals surface area contributed by atoms with Crippen molar-refractivity contribution in [3.05, 3.63) is 96.9 Å². The second-order valence-electron chi connectivity index (χ2n) is 8.18. The van der Waals surface area contributed by atoms with Gasteiger partial charge < -0.3 is 9.47 Å². The van der Waals surface area contributed by atoms with E-state index in [1.165, 1.54) is 0 Å². The van der Waals surface area contributed by atoms with Crippen LogP contribution in [0.15, 0.2) is 96.9 Å². The summed E-state index contributed by atoms with van der Waals surface area (Å²) in [6, 6.07) is 0. The molecule has 0 aromatic rings. The molecule has 1 rings (SSSR count). The van der Waals surface area contributed by atoms with Gasteiger partial charge in [-0.1, -0.05) is 71.0 Å². The minimum Gasteiger partial charge on any atom is -0.497 e. The zero-order valence-electron chi connectivity index (χ0n) is 19.1. The normalized spacial score (nSPS) is 20.8. The van der Waals surface area contributed by atoms with Crippen LogP contribution in [-0.4, -0.2) is 19.7 Å². The molecule has 0 saturated carbocycles. The summed E-state index contributed by atoms with van der Waals surface area (Å²) in [5.74, 6) is 0.745. The van der Waals surface area contributed by atoms with E-state index >= 15 is 0 Å². The first-order valence-electron chi connectivity index (χ1n) is 10.2. The van der Waals surface area contributed by atoms with Crippen LogP contribution in [0.2, 0.25) is 0 Å². The molecule has 0 fully saturated rings. The van der Waals surface area contributed by atoms with Gasteiger partial charge in [0.25, 0.3) is 0 Å². The first-order chi connectivity index (χ1) is 14.0. The van der Waals surface area contributed by atoms with Gasteiger partial charge in [0, 0.05) is 11.0 Å². The van der Waals surface area contributed by atoms with Crippen molar-refractivity contribution in [3.8, 4) is 0 Å². The number of rotatable bonds is 12. The summed E-state index contributed by atoms with van der Waals surface area (Å²) in [5.41, 5.74) is 3.89. The molecular formula is C27H36O3. The van der Waals surface area contributed by atoms with Gasteiger partial charge in [-0.25, -0.2) is 4.79 Å². The minimum atomic E-state index is -0.380. The third kappa shape index (κ3) is 7.55. The lowest BCUT2D eigenvalue weighted by atomic mass is 9.80. The predicted octanol–water partition coefficient (Wildman–Crippen LogP) is 6.80. The van der Waals surface area contributed by atoms with Crippen LogP contribution in [0.1, 0.15) is 40.0 Å². The maximum absolute atomic E-state index is 11.5. The van der Waals surface area contributed by atoms with Crippen LogP contribution in [0, 0.1) is 11.3 Å². The number of methoxy groups -OCH3 is 1. The van der Waals surface area contributed by atoms with Crippen LogP contribution < -0.4 is 0 Å². The lowest BCUT2D eigenvalue weighted by Gasteiger charge is -2.23. The molecule has 0 spiro atoms. The van der Waals surface area contributed by atoms with Crippen LogP contribution in [0.25, 0.3) is 0 Å². The molecule has 1 aliphatic rings. The molecule has 162 valence electrons. The summed E-state index contributed by atoms with van der Waals surface area (Å²) in [7, 11) is 1.58. The average molecular weight is 409 g/mol. The van der Waals surface area contributed by atoms with Gasteiger partial charge in [-0.3, -0.25) is 0 Å². The fourth-order valence-corrected chi connectivity index (χ4v) is 3.20. The molecule has 1 unspecified atom stereocenters. The maximum atomic E-state index is 11.5. The van der Waals surface area contributed by atoms with Crippen molar-refractivity contribution in [3.63, 3.8) is 0 Å². The van der Waals surface area contributed by atoms with Crippen molar-refractivity contribution in [1.29, 1.82) is 0 Å². The first-order valence-corrected chi connectivity index (χ1v) is 10.2. The Labute approximate surface area is 182 Å². The molecule has 0 bridgehead atoms. The van der Waals surface area contributed by atoms with Crippen molar-refractivity contribution >= 4 is 5.97 Å². The summed E-state index contributed by atoms with van der Waals surface area (Å²) in [5, 5.41) is 0. The molecule has 0 N–H and O–H groups in total. The molecule has 0 aliphatic heterocycles. The molecule has 0 amide bonds. The Kier molecular flexibility index (Phi) is 9.58. The van der Waals surface area contributed by atoms with Crippen LogP contribution >= 0.6 is 0 Å². The Morgan fingerprint density at radius 1 is 1.17 bits per heavy atom. The number of hydrogen-bond acceptors (Lipinski definition) is 3. The second kappa shape index (κ2) is 11.4. The van der Waals surface area contributed by atoms with Crippen molar-refractivity contribution in [2.75, 3.05) is 13.7 Å². The summed E-state index contributed by atoms with van der Waals surface area (Å²) >= 11 is 0. The van der Waals surface area contributed by atoms with Crippen LogP contribution in [0.3, 0.4) is 0 Å². The van der Waals surface area contributed by atoms with Gasteiger partial charge in [-0.2, -0.15) is 0 Å². The highest BCUT2D eigenvalue weighted by Crippen LogP contribution is 2.41. The van der Waals surface area contributed by atoms with Gasteiger partial charge in [0.2, 0.25) is 0 Å². The van der Waals surface area contributed by atoms with Gasteiger partial charge in [0.15, 0.2) is 0 Å². The first kappa shape index (κ1) is 25.2. The van der Waals surface area contributed by atoms with Crippen molar-refractivity contribution in [2.24, 2.45) is 11.3 Å². The van der Waals surface area contributed by atoms with E-state index in [2.05, 4.69) is 58.9 Å². The Bertz CT molecular complexity index is 819. The topological polar surface area (TPSA) is 35.5 Å². The lowest BCUT2D eigenvalue weighted by molar-refractivity contribution is -0.139. The fraction of sp³-hybridized carbons (Fsp3) is 0.370. The third-order valence-corrected chi connectivity index (χ3v) is 5.30. The molecule has 3 heteroatoms. The van der Waals surface area contributed by atoms with E-state index < -0.39 is 0 Å². The van der Waals surface area contributed by atoms with E-state index in [1.54, 1.807) is 14.0 Å². The van der Waals surface area contributed by atoms with Crippen LogP contribution in [0.4, 0.5) is 0 Å². The Morgan fingerprint density at radius 2 is 1.83 bits per heavy atom. The number of hydrogen-bond donors (Lipinski definition) is 0. The summed E-state index contributed by atoms with van der Waals surface area (Å²) in [6.45, 7) is 26.4.